The van der Waals surface area contributed by atoms with Gasteiger partial charge >= 0.3 is 0 Å². The van der Waals surface area contributed by atoms with Crippen molar-refractivity contribution in [2.75, 3.05) is 0 Å². The molecule has 6 heteroatoms. The quantitative estimate of drug-likeness (QED) is 0.613. The maximum atomic E-state index is 10.5. The van der Waals surface area contributed by atoms with E-state index in [0.29, 0.717) is 4.34 Å². The van der Waals surface area contributed by atoms with Gasteiger partial charge in [0, 0.05) is 13.1 Å². The summed E-state index contributed by atoms with van der Waals surface area (Å²) in [6.07, 6.45) is 0. The predicted octanol–water partition coefficient (Wildman–Crippen LogP) is 0.697. The lowest BCUT2D eigenvalue weighted by Crippen LogP contribution is -2.05. The zero-order chi connectivity index (χ0) is 6.15. The van der Waals surface area contributed by atoms with Gasteiger partial charge in [-0.3, -0.25) is 8.75 Å². The molecule has 0 bridgehead atoms. The molecular formula is C4H7Cl2NO2S. The maximum Gasteiger partial charge on any atom is 0.261 e. The van der Waals surface area contributed by atoms with Crippen LogP contribution in [0.4, 0.5) is 0 Å². The zero-order valence-corrected chi connectivity index (χ0v) is 7.52. The molecule has 0 aromatic carbocycles. The number of nitrogens with zero attached hydrogens (tertiary/aromatic N) is 1. The summed E-state index contributed by atoms with van der Waals surface area (Å²) in [5.41, 5.74) is -0.0417. The molecule has 0 spiro atoms. The van der Waals surface area contributed by atoms with Gasteiger partial charge in [-0.1, -0.05) is 11.6 Å². The molecule has 60 valence electrons. The second-order valence-corrected chi connectivity index (χ2v) is 3.18. The Morgan fingerprint density at radius 3 is 2.30 bits per heavy atom. The predicted molar refractivity (Wildman–Crippen MR) is 45.4 cm³/mol. The Morgan fingerprint density at radius 2 is 2.20 bits per heavy atom. The lowest BCUT2D eigenvalue weighted by Gasteiger charge is -1.77. The lowest BCUT2D eigenvalue weighted by molar-refractivity contribution is 0.824. The molecule has 2 N–H and O–H groups in total. The van der Waals surface area contributed by atoms with Gasteiger partial charge in [-0.2, -0.15) is 0 Å². The molecule has 0 aliphatic heterocycles. The molecule has 0 amide bonds. The van der Waals surface area contributed by atoms with Gasteiger partial charge in [-0.15, -0.1) is 12.4 Å². The van der Waals surface area contributed by atoms with Gasteiger partial charge < -0.3 is 5.48 Å². The van der Waals surface area contributed by atoms with Crippen molar-refractivity contribution >= 4 is 35.5 Å². The standard InChI is InChI=1S/C4H4ClNOS.ClH.H2O/c1-6-4(7)2-3(5)8-6;;/h2H,1H3;1H;1H2. The number of halogens is 2. The highest BCUT2D eigenvalue weighted by Gasteiger charge is 1.93. The summed E-state index contributed by atoms with van der Waals surface area (Å²) in [5.74, 6) is 0. The topological polar surface area (TPSA) is 53.5 Å². The van der Waals surface area contributed by atoms with Gasteiger partial charge in [-0.25, -0.2) is 0 Å². The van der Waals surface area contributed by atoms with Crippen LogP contribution in [0.3, 0.4) is 0 Å². The third-order valence-corrected chi connectivity index (χ3v) is 1.83. The minimum Gasteiger partial charge on any atom is -0.412 e. The molecule has 1 aromatic rings. The van der Waals surface area contributed by atoms with Crippen molar-refractivity contribution in [3.05, 3.63) is 20.8 Å². The summed E-state index contributed by atoms with van der Waals surface area (Å²) >= 11 is 6.70. The van der Waals surface area contributed by atoms with E-state index in [2.05, 4.69) is 0 Å². The SMILES string of the molecule is Cl.Cn1sc(Cl)cc1=O.O. The van der Waals surface area contributed by atoms with Crippen LogP contribution in [0.1, 0.15) is 0 Å². The fraction of sp³-hybridized carbons (Fsp3) is 0.250. The molecule has 0 saturated heterocycles. The maximum absolute atomic E-state index is 10.5. The summed E-state index contributed by atoms with van der Waals surface area (Å²) in [6.45, 7) is 0. The average Bonchev–Trinajstić information content (AvgIpc) is 1.85. The van der Waals surface area contributed by atoms with Crippen LogP contribution in [0.2, 0.25) is 4.34 Å². The largest absolute Gasteiger partial charge is 0.412 e. The zero-order valence-electron chi connectivity index (χ0n) is 5.13. The first-order valence-corrected chi connectivity index (χ1v) is 3.18. The third kappa shape index (κ3) is 2.70. The summed E-state index contributed by atoms with van der Waals surface area (Å²) in [5, 5.41) is 0. The van der Waals surface area contributed by atoms with Crippen molar-refractivity contribution in [1.29, 1.82) is 0 Å². The Morgan fingerprint density at radius 1 is 1.70 bits per heavy atom. The molecule has 0 radical (unpaired) electrons. The summed E-state index contributed by atoms with van der Waals surface area (Å²) in [6, 6.07) is 1.40. The fourth-order valence-electron chi connectivity index (χ4n) is 0.390. The molecule has 1 aromatic heterocycles. The Hall–Kier alpha value is -0.0300. The third-order valence-electron chi connectivity index (χ3n) is 0.771. The van der Waals surface area contributed by atoms with Crippen molar-refractivity contribution in [3.8, 4) is 0 Å². The summed E-state index contributed by atoms with van der Waals surface area (Å²) < 4.78 is 2.01. The van der Waals surface area contributed by atoms with Crippen LogP contribution in [0, 0.1) is 0 Å². The van der Waals surface area contributed by atoms with E-state index >= 15 is 0 Å². The minimum absolute atomic E-state index is 0. The van der Waals surface area contributed by atoms with E-state index in [4.69, 9.17) is 11.6 Å². The van der Waals surface area contributed by atoms with Crippen LogP contribution in [-0.4, -0.2) is 9.43 Å². The van der Waals surface area contributed by atoms with E-state index in [1.807, 2.05) is 0 Å². The molecule has 0 saturated carbocycles. The van der Waals surface area contributed by atoms with Crippen molar-refractivity contribution in [3.63, 3.8) is 0 Å². The highest BCUT2D eigenvalue weighted by molar-refractivity contribution is 7.11. The van der Waals surface area contributed by atoms with Crippen molar-refractivity contribution in [1.82, 2.24) is 3.96 Å². The normalized spacial score (nSPS) is 7.80. The van der Waals surface area contributed by atoms with Crippen molar-refractivity contribution < 1.29 is 5.48 Å². The van der Waals surface area contributed by atoms with E-state index in [1.54, 1.807) is 7.05 Å². The molecule has 1 rings (SSSR count). The van der Waals surface area contributed by atoms with Gasteiger partial charge in [0.1, 0.15) is 4.34 Å². The molecule has 1 heterocycles. The van der Waals surface area contributed by atoms with Crippen LogP contribution < -0.4 is 5.56 Å². The van der Waals surface area contributed by atoms with Crippen LogP contribution in [0.25, 0.3) is 0 Å². The van der Waals surface area contributed by atoms with Crippen LogP contribution in [-0.2, 0) is 7.05 Å². The van der Waals surface area contributed by atoms with Crippen LogP contribution >= 0.6 is 35.5 Å². The smallest absolute Gasteiger partial charge is 0.261 e. The lowest BCUT2D eigenvalue weighted by atomic mass is 10.7. The van der Waals surface area contributed by atoms with Crippen molar-refractivity contribution in [2.24, 2.45) is 7.05 Å². The molecule has 0 fully saturated rings. The molecule has 0 aliphatic carbocycles. The van der Waals surface area contributed by atoms with Crippen LogP contribution in [0.15, 0.2) is 10.9 Å². The van der Waals surface area contributed by atoms with Crippen molar-refractivity contribution in [2.45, 2.75) is 0 Å². The van der Waals surface area contributed by atoms with E-state index in [1.165, 1.54) is 21.6 Å². The Balaban J connectivity index is 0. The monoisotopic (exact) mass is 203 g/mol. The highest BCUT2D eigenvalue weighted by atomic mass is 35.5. The number of aromatic nitrogens is 1. The first kappa shape index (κ1) is 12.6. The second-order valence-electron chi connectivity index (χ2n) is 1.38. The Labute approximate surface area is 73.1 Å². The minimum atomic E-state index is -0.0417. The molecule has 0 unspecified atom stereocenters. The van der Waals surface area contributed by atoms with E-state index in [9.17, 15) is 4.79 Å². The molecule has 10 heavy (non-hydrogen) atoms. The van der Waals surface area contributed by atoms with Gasteiger partial charge in [0.15, 0.2) is 0 Å². The first-order chi connectivity index (χ1) is 3.70. The van der Waals surface area contributed by atoms with Gasteiger partial charge in [0.05, 0.1) is 0 Å². The Kier molecular flexibility index (Phi) is 5.98. The van der Waals surface area contributed by atoms with E-state index in [-0.39, 0.29) is 23.4 Å². The van der Waals surface area contributed by atoms with Gasteiger partial charge in [0.2, 0.25) is 0 Å². The summed E-state index contributed by atoms with van der Waals surface area (Å²) in [7, 11) is 1.68. The molecular weight excluding hydrogens is 197 g/mol. The Bertz CT molecular complexity index is 244. The van der Waals surface area contributed by atoms with E-state index < -0.39 is 0 Å². The first-order valence-electron chi connectivity index (χ1n) is 2.03. The highest BCUT2D eigenvalue weighted by Crippen LogP contribution is 2.09. The van der Waals surface area contributed by atoms with Crippen LogP contribution in [0.5, 0.6) is 0 Å². The molecule has 0 atom stereocenters. The fourth-order valence-corrected chi connectivity index (χ4v) is 1.35. The van der Waals surface area contributed by atoms with Gasteiger partial charge in [0.25, 0.3) is 5.56 Å². The van der Waals surface area contributed by atoms with Gasteiger partial charge in [-0.05, 0) is 11.5 Å². The number of rotatable bonds is 0. The summed E-state index contributed by atoms with van der Waals surface area (Å²) in [4.78, 5) is 10.5. The van der Waals surface area contributed by atoms with E-state index in [0.717, 1.165) is 0 Å². The number of hydrogen-bond donors (Lipinski definition) is 0. The average molecular weight is 204 g/mol. The number of aryl methyl sites for hydroxylation is 1. The molecule has 0 aliphatic rings. The second kappa shape index (κ2) is 4.73. The number of hydrogen-bond acceptors (Lipinski definition) is 2. The molecule has 3 nitrogen and oxygen atoms in total.